The number of nitrogens with zero attached hydrogens (tertiary/aromatic N) is 2. The number of pyridine rings is 2. The number of hydrogen-bond acceptors (Lipinski definition) is 13. The minimum Gasteiger partial charge on any atom is -0.493 e. The van der Waals surface area contributed by atoms with Crippen LogP contribution in [0.5, 0.6) is 23.0 Å². The molecule has 3 heterocycles. The van der Waals surface area contributed by atoms with Crippen LogP contribution in [-0.2, 0) is 27.0 Å². The second-order valence-corrected chi connectivity index (χ2v) is 22.3. The summed E-state index contributed by atoms with van der Waals surface area (Å²) in [5.74, 6) is 1.16. The maximum atomic E-state index is 13.7. The molecule has 408 valence electrons. The van der Waals surface area contributed by atoms with E-state index in [0.29, 0.717) is 75.7 Å². The number of halogens is 3. The maximum Gasteiger partial charge on any atom is 0.163 e. The van der Waals surface area contributed by atoms with Crippen molar-refractivity contribution in [2.45, 2.75) is 133 Å². The average molecular weight is 1080 g/mol. The van der Waals surface area contributed by atoms with Gasteiger partial charge in [0.15, 0.2) is 34.6 Å². The molecule has 9 rings (SSSR count). The van der Waals surface area contributed by atoms with Crippen molar-refractivity contribution in [2.75, 3.05) is 27.4 Å². The lowest BCUT2D eigenvalue weighted by atomic mass is 9.87. The summed E-state index contributed by atoms with van der Waals surface area (Å²) >= 11 is 5.99. The predicted octanol–water partition coefficient (Wildman–Crippen LogP) is 11.7. The largest absolute Gasteiger partial charge is 0.493 e. The second-order valence-electron chi connectivity index (χ2n) is 21.9. The van der Waals surface area contributed by atoms with E-state index < -0.39 is 28.1 Å². The number of ketones is 2. The molecule has 16 heteroatoms. The molecule has 3 aliphatic rings. The first-order valence-corrected chi connectivity index (χ1v) is 26.4. The van der Waals surface area contributed by atoms with Gasteiger partial charge in [-0.3, -0.25) is 9.59 Å². The molecule has 1 saturated heterocycles. The van der Waals surface area contributed by atoms with Crippen LogP contribution < -0.4 is 30.0 Å². The van der Waals surface area contributed by atoms with Crippen molar-refractivity contribution in [3.63, 3.8) is 0 Å². The summed E-state index contributed by atoms with van der Waals surface area (Å²) in [5.41, 5.74) is 8.23. The molecule has 13 nitrogen and oxygen atoms in total. The van der Waals surface area contributed by atoms with Crippen LogP contribution in [0.15, 0.2) is 103 Å². The first-order chi connectivity index (χ1) is 36.4. The Morgan fingerprint density at radius 2 is 1.12 bits per heavy atom. The summed E-state index contributed by atoms with van der Waals surface area (Å²) in [4.78, 5) is 35.6. The zero-order chi connectivity index (χ0) is 55.5. The molecule has 0 radical (unpaired) electrons. The number of ether oxygens (including phenoxy) is 5. The number of rotatable bonds is 22. The van der Waals surface area contributed by atoms with Crippen molar-refractivity contribution in [1.29, 1.82) is 0 Å². The number of carbonyl (C=O) groups is 2. The standard InChI is InChI=1S/C32H37FN2O5.C29H32ClFN2O4/c1-31(2,35-24-18-39-19-24)22-16-26(20-5-8-23(33)9-6-20)34-30(17-22)32(3,37)14-13-27(36)21-7-12-28(29(15-21)38-4)40-25-10-11-25;1-28(2,32)19-15-23(17-5-9-22(31)21(30)13-17)33-27(16-19)29(3,35)12-11-24(34)18-6-10-25(26(14-18)36-4)37-20-7-8-20/h5-9,12,15-17,24-25,35,37H,10-11,13-14,18-19H2,1-4H3;5-6,9-10,13-16,20,35H,7-8,11-12,32H2,1-4H3. The number of benzene rings is 4. The molecule has 1 aliphatic heterocycles. The van der Waals surface area contributed by atoms with Crippen LogP contribution in [0.1, 0.15) is 136 Å². The van der Waals surface area contributed by atoms with Crippen LogP contribution in [0.3, 0.4) is 0 Å². The number of Topliss-reactive ketones (excluding diaryl/α,β-unsaturated/α-hetero) is 2. The number of aliphatic hydroxyl groups is 2. The fourth-order valence-corrected chi connectivity index (χ4v) is 8.88. The van der Waals surface area contributed by atoms with Crippen molar-refractivity contribution in [3.05, 3.63) is 153 Å². The molecule has 0 bridgehead atoms. The number of nitrogens with two attached hydrogens (primary N) is 1. The third-order valence-corrected chi connectivity index (χ3v) is 14.4. The Labute approximate surface area is 454 Å². The van der Waals surface area contributed by atoms with Gasteiger partial charge in [0.05, 0.1) is 73.5 Å². The zero-order valence-electron chi connectivity index (χ0n) is 45.0. The summed E-state index contributed by atoms with van der Waals surface area (Å²) in [6.07, 6.45) is 5.00. The lowest BCUT2D eigenvalue weighted by molar-refractivity contribution is -0.0171. The Morgan fingerprint density at radius 3 is 1.56 bits per heavy atom. The topological polar surface area (TPSA) is 185 Å². The molecule has 2 saturated carbocycles. The molecule has 77 heavy (non-hydrogen) atoms. The van der Waals surface area contributed by atoms with Gasteiger partial charge in [-0.05, 0) is 194 Å². The number of aromatic nitrogens is 2. The van der Waals surface area contributed by atoms with E-state index in [1.165, 1.54) is 31.4 Å². The SMILES string of the molecule is COc1cc(C(=O)CCC(C)(O)c2cc(C(C)(C)N)cc(-c3ccc(F)c(Cl)c3)n2)ccc1OC1CC1.COc1cc(C(=O)CCC(C)(O)c2cc(C(C)(C)NC3COC3)cc(-c3ccc(F)cc3)n2)ccc1OC1CC1. The van der Waals surface area contributed by atoms with Crippen LogP contribution in [-0.4, -0.2) is 77.4 Å². The molecule has 2 aromatic heterocycles. The molecule has 5 N–H and O–H groups in total. The number of methoxy groups -OCH3 is 2. The lowest BCUT2D eigenvalue weighted by Gasteiger charge is -2.37. The molecule has 4 aromatic carbocycles. The smallest absolute Gasteiger partial charge is 0.163 e. The minimum absolute atomic E-state index is 0.0282. The summed E-state index contributed by atoms with van der Waals surface area (Å²) in [6, 6.07) is 28.4. The van der Waals surface area contributed by atoms with Gasteiger partial charge in [-0.1, -0.05) is 11.6 Å². The molecule has 3 fully saturated rings. The second kappa shape index (κ2) is 23.3. The summed E-state index contributed by atoms with van der Waals surface area (Å²) in [7, 11) is 3.09. The van der Waals surface area contributed by atoms with Gasteiger partial charge in [0, 0.05) is 46.2 Å². The van der Waals surface area contributed by atoms with E-state index in [9.17, 15) is 28.6 Å². The number of hydrogen-bond donors (Lipinski definition) is 4. The predicted molar refractivity (Wildman–Crippen MR) is 292 cm³/mol. The fourth-order valence-electron chi connectivity index (χ4n) is 8.70. The van der Waals surface area contributed by atoms with E-state index in [0.717, 1.165) is 42.4 Å². The van der Waals surface area contributed by atoms with Crippen LogP contribution in [0, 0.1) is 11.6 Å². The molecule has 2 atom stereocenters. The molecule has 0 amide bonds. The van der Waals surface area contributed by atoms with Gasteiger partial charge in [0.1, 0.15) is 22.8 Å². The highest BCUT2D eigenvalue weighted by atomic mass is 35.5. The van der Waals surface area contributed by atoms with Crippen LogP contribution >= 0.6 is 11.6 Å². The van der Waals surface area contributed by atoms with Gasteiger partial charge in [0.2, 0.25) is 0 Å². The Bertz CT molecular complexity index is 3090. The normalized spacial score (nSPS) is 16.2. The summed E-state index contributed by atoms with van der Waals surface area (Å²) in [6.45, 7) is 12.4. The summed E-state index contributed by atoms with van der Waals surface area (Å²) < 4.78 is 55.3. The lowest BCUT2D eigenvalue weighted by Crippen LogP contribution is -2.53. The Balaban J connectivity index is 0.000000204. The quantitative estimate of drug-likeness (QED) is 0.0471. The van der Waals surface area contributed by atoms with E-state index in [1.807, 2.05) is 26.0 Å². The molecular formula is C61H69ClF2N4O9. The number of carbonyl (C=O) groups excluding carboxylic acids is 2. The first kappa shape index (κ1) is 56.9. The van der Waals surface area contributed by atoms with Crippen molar-refractivity contribution in [2.24, 2.45) is 5.73 Å². The Kier molecular flexibility index (Phi) is 17.2. The molecule has 2 unspecified atom stereocenters. The van der Waals surface area contributed by atoms with E-state index in [1.54, 1.807) is 87.7 Å². The van der Waals surface area contributed by atoms with E-state index in [2.05, 4.69) is 24.1 Å². The van der Waals surface area contributed by atoms with E-state index in [4.69, 9.17) is 46.0 Å². The number of nitrogens with one attached hydrogen (secondary N) is 1. The van der Waals surface area contributed by atoms with Gasteiger partial charge in [-0.2, -0.15) is 0 Å². The van der Waals surface area contributed by atoms with Crippen molar-refractivity contribution < 1.29 is 52.3 Å². The van der Waals surface area contributed by atoms with Gasteiger partial charge >= 0.3 is 0 Å². The third kappa shape index (κ3) is 14.6. The Morgan fingerprint density at radius 1 is 0.649 bits per heavy atom. The zero-order valence-corrected chi connectivity index (χ0v) is 45.7. The molecule has 6 aromatic rings. The molecular weight excluding hydrogens is 1010 g/mol. The van der Waals surface area contributed by atoms with Crippen molar-refractivity contribution in [1.82, 2.24) is 15.3 Å². The average Bonchev–Trinajstić information content (AvgIpc) is 4.36. The molecule has 0 spiro atoms. The Hall–Kier alpha value is -6.33. The highest BCUT2D eigenvalue weighted by Crippen LogP contribution is 2.39. The minimum atomic E-state index is -1.44. The van der Waals surface area contributed by atoms with E-state index >= 15 is 0 Å². The summed E-state index contributed by atoms with van der Waals surface area (Å²) in [5, 5.41) is 26.6. The van der Waals surface area contributed by atoms with Gasteiger partial charge in [-0.15, -0.1) is 0 Å². The van der Waals surface area contributed by atoms with Gasteiger partial charge in [-0.25, -0.2) is 18.7 Å². The van der Waals surface area contributed by atoms with Crippen LogP contribution in [0.4, 0.5) is 8.78 Å². The van der Waals surface area contributed by atoms with Crippen LogP contribution in [0.2, 0.25) is 5.02 Å². The first-order valence-electron chi connectivity index (χ1n) is 26.0. The van der Waals surface area contributed by atoms with Crippen molar-refractivity contribution in [3.8, 4) is 45.5 Å². The molecule has 2 aliphatic carbocycles. The van der Waals surface area contributed by atoms with Gasteiger partial charge < -0.3 is 44.9 Å². The van der Waals surface area contributed by atoms with Gasteiger partial charge in [0.25, 0.3) is 0 Å². The highest BCUT2D eigenvalue weighted by molar-refractivity contribution is 6.31. The van der Waals surface area contributed by atoms with Crippen LogP contribution in [0.25, 0.3) is 22.5 Å². The highest BCUT2D eigenvalue weighted by Gasteiger charge is 2.34. The fraction of sp³-hybridized carbons (Fsp3) is 0.410. The van der Waals surface area contributed by atoms with Crippen molar-refractivity contribution >= 4 is 23.2 Å². The third-order valence-electron chi connectivity index (χ3n) is 14.1. The van der Waals surface area contributed by atoms with E-state index in [-0.39, 0.29) is 66.3 Å². The monoisotopic (exact) mass is 1070 g/mol. The maximum absolute atomic E-state index is 13.7.